The first-order valence-corrected chi connectivity index (χ1v) is 5.98. The first kappa shape index (κ1) is 14.3. The summed E-state index contributed by atoms with van der Waals surface area (Å²) in [5, 5.41) is 10.7. The van der Waals surface area contributed by atoms with Crippen LogP contribution in [0.5, 0.6) is 0 Å². The van der Waals surface area contributed by atoms with Crippen LogP contribution in [0.4, 0.5) is 5.69 Å². The van der Waals surface area contributed by atoms with Gasteiger partial charge in [-0.1, -0.05) is 0 Å². The predicted molar refractivity (Wildman–Crippen MR) is 73.6 cm³/mol. The van der Waals surface area contributed by atoms with Crippen molar-refractivity contribution in [2.45, 2.75) is 6.92 Å². The molecule has 0 unspecified atom stereocenters. The third kappa shape index (κ3) is 3.24. The maximum Gasteiger partial charge on any atom is 0.286 e. The molecule has 2 aromatic rings. The number of aromatic nitrogens is 1. The number of carbonyl (C=O) groups is 2. The van der Waals surface area contributed by atoms with Crippen LogP contribution in [0.25, 0.3) is 0 Å². The molecule has 0 aliphatic rings. The number of H-pyrrole nitrogens is 1. The summed E-state index contributed by atoms with van der Waals surface area (Å²) >= 11 is 0. The summed E-state index contributed by atoms with van der Waals surface area (Å²) in [5.74, 6) is -1.06. The fourth-order valence-corrected chi connectivity index (χ4v) is 1.73. The number of hydrogen-bond acceptors (Lipinski definition) is 4. The number of nitrogens with one attached hydrogen (secondary N) is 3. The highest BCUT2D eigenvalue weighted by Gasteiger charge is 2.14. The zero-order valence-corrected chi connectivity index (χ0v) is 11.0. The average Bonchev–Trinajstić information content (AvgIpc) is 2.98. The van der Waals surface area contributed by atoms with E-state index in [2.05, 4.69) is 15.8 Å². The summed E-state index contributed by atoms with van der Waals surface area (Å²) in [6.45, 7) is 1.53. The number of hydrogen-bond donors (Lipinski definition) is 3. The van der Waals surface area contributed by atoms with Gasteiger partial charge < -0.3 is 4.98 Å². The molecule has 0 aliphatic carbocycles. The second kappa shape index (κ2) is 5.87. The van der Waals surface area contributed by atoms with Gasteiger partial charge in [0.15, 0.2) is 0 Å². The molecule has 8 nitrogen and oxygen atoms in total. The molecule has 8 heteroatoms. The van der Waals surface area contributed by atoms with E-state index in [-0.39, 0.29) is 11.3 Å². The smallest absolute Gasteiger partial charge is 0.286 e. The second-order valence-corrected chi connectivity index (χ2v) is 4.25. The van der Waals surface area contributed by atoms with Gasteiger partial charge in [-0.2, -0.15) is 0 Å². The van der Waals surface area contributed by atoms with E-state index in [1.165, 1.54) is 25.1 Å². The lowest BCUT2D eigenvalue weighted by Crippen LogP contribution is -2.41. The fraction of sp³-hybridized carbons (Fsp3) is 0.0769. The summed E-state index contributed by atoms with van der Waals surface area (Å²) in [5.41, 5.74) is 5.28. The van der Waals surface area contributed by atoms with E-state index >= 15 is 0 Å². The molecule has 3 N–H and O–H groups in total. The zero-order chi connectivity index (χ0) is 15.4. The minimum atomic E-state index is -0.562. The monoisotopic (exact) mass is 288 g/mol. The van der Waals surface area contributed by atoms with Crippen molar-refractivity contribution < 1.29 is 14.5 Å². The molecule has 0 radical (unpaired) electrons. The quantitative estimate of drug-likeness (QED) is 0.583. The first-order chi connectivity index (χ1) is 9.99. The van der Waals surface area contributed by atoms with Crippen LogP contribution in [0.3, 0.4) is 0 Å². The van der Waals surface area contributed by atoms with Crippen molar-refractivity contribution in [2.24, 2.45) is 0 Å². The molecule has 0 saturated carbocycles. The van der Waals surface area contributed by atoms with Gasteiger partial charge in [0, 0.05) is 23.4 Å². The Morgan fingerprint density at radius 3 is 2.48 bits per heavy atom. The van der Waals surface area contributed by atoms with Crippen molar-refractivity contribution in [1.29, 1.82) is 0 Å². The number of nitro benzene ring substituents is 1. The standard InChI is InChI=1S/C13H12N4O4/c1-8-7-9(4-5-11(8)17(20)21)12(18)15-16-13(19)10-3-2-6-14-10/h2-7,14H,1H3,(H,15,18)(H,16,19). The van der Waals surface area contributed by atoms with Gasteiger partial charge in [-0.05, 0) is 31.2 Å². The van der Waals surface area contributed by atoms with Gasteiger partial charge in [0.2, 0.25) is 0 Å². The summed E-state index contributed by atoms with van der Waals surface area (Å²) in [4.78, 5) is 36.3. The topological polar surface area (TPSA) is 117 Å². The maximum absolute atomic E-state index is 11.8. The number of benzene rings is 1. The Labute approximate surface area is 119 Å². The van der Waals surface area contributed by atoms with E-state index in [0.29, 0.717) is 11.3 Å². The molecule has 2 rings (SSSR count). The lowest BCUT2D eigenvalue weighted by atomic mass is 10.1. The minimum absolute atomic E-state index is 0.0676. The summed E-state index contributed by atoms with van der Waals surface area (Å²) < 4.78 is 0. The van der Waals surface area contributed by atoms with Crippen LogP contribution in [0.1, 0.15) is 26.4 Å². The Balaban J connectivity index is 2.02. The Bertz CT molecular complexity index is 694. The van der Waals surface area contributed by atoms with E-state index < -0.39 is 16.7 Å². The fourth-order valence-electron chi connectivity index (χ4n) is 1.73. The molecule has 21 heavy (non-hydrogen) atoms. The van der Waals surface area contributed by atoms with Gasteiger partial charge >= 0.3 is 0 Å². The molecular formula is C13H12N4O4. The Morgan fingerprint density at radius 1 is 1.19 bits per heavy atom. The molecule has 2 amide bonds. The number of rotatable bonds is 3. The van der Waals surface area contributed by atoms with Gasteiger partial charge in [-0.3, -0.25) is 30.6 Å². The van der Waals surface area contributed by atoms with Crippen LogP contribution in [0, 0.1) is 17.0 Å². The lowest BCUT2D eigenvalue weighted by Gasteiger charge is -2.07. The molecule has 0 aliphatic heterocycles. The van der Waals surface area contributed by atoms with E-state index in [0.717, 1.165) is 0 Å². The van der Waals surface area contributed by atoms with Crippen LogP contribution in [0.15, 0.2) is 36.5 Å². The molecule has 1 aromatic carbocycles. The van der Waals surface area contributed by atoms with Crippen molar-refractivity contribution in [3.05, 3.63) is 63.5 Å². The maximum atomic E-state index is 11.8. The number of aromatic amines is 1. The number of nitro groups is 1. The number of nitrogens with zero attached hydrogens (tertiary/aromatic N) is 1. The molecule has 1 heterocycles. The summed E-state index contributed by atoms with van der Waals surface area (Å²) in [6.07, 6.45) is 1.58. The molecule has 0 atom stereocenters. The van der Waals surface area contributed by atoms with Gasteiger partial charge in [0.25, 0.3) is 17.5 Å². The summed E-state index contributed by atoms with van der Waals surface area (Å²) in [7, 11) is 0. The zero-order valence-electron chi connectivity index (χ0n) is 11.0. The van der Waals surface area contributed by atoms with Gasteiger partial charge in [-0.25, -0.2) is 0 Å². The van der Waals surface area contributed by atoms with Gasteiger partial charge in [0.05, 0.1) is 4.92 Å². The van der Waals surface area contributed by atoms with Crippen LogP contribution in [0.2, 0.25) is 0 Å². The van der Waals surface area contributed by atoms with Crippen molar-refractivity contribution in [2.75, 3.05) is 0 Å². The molecule has 0 spiro atoms. The SMILES string of the molecule is Cc1cc(C(=O)NNC(=O)c2ccc[nH]2)ccc1[N+](=O)[O-]. The number of amides is 2. The molecule has 1 aromatic heterocycles. The third-order valence-corrected chi connectivity index (χ3v) is 2.79. The molecule has 108 valence electrons. The van der Waals surface area contributed by atoms with Crippen LogP contribution >= 0.6 is 0 Å². The van der Waals surface area contributed by atoms with Gasteiger partial charge in [0.1, 0.15) is 5.69 Å². The first-order valence-electron chi connectivity index (χ1n) is 5.98. The number of aryl methyl sites for hydroxylation is 1. The van der Waals surface area contributed by atoms with E-state index in [9.17, 15) is 19.7 Å². The second-order valence-electron chi connectivity index (χ2n) is 4.25. The van der Waals surface area contributed by atoms with Crippen molar-refractivity contribution in [1.82, 2.24) is 15.8 Å². The van der Waals surface area contributed by atoms with E-state index in [4.69, 9.17) is 0 Å². The highest BCUT2D eigenvalue weighted by Crippen LogP contribution is 2.18. The van der Waals surface area contributed by atoms with Crippen molar-refractivity contribution >= 4 is 17.5 Å². The Hall–Kier alpha value is -3.16. The number of carbonyl (C=O) groups excluding carboxylic acids is 2. The highest BCUT2D eigenvalue weighted by atomic mass is 16.6. The van der Waals surface area contributed by atoms with Crippen molar-refractivity contribution in [3.8, 4) is 0 Å². The minimum Gasteiger partial charge on any atom is -0.357 e. The third-order valence-electron chi connectivity index (χ3n) is 2.79. The molecule has 0 fully saturated rings. The highest BCUT2D eigenvalue weighted by molar-refractivity contribution is 5.98. The van der Waals surface area contributed by atoms with Gasteiger partial charge in [-0.15, -0.1) is 0 Å². The molecule has 0 saturated heterocycles. The Morgan fingerprint density at radius 2 is 1.90 bits per heavy atom. The average molecular weight is 288 g/mol. The van der Waals surface area contributed by atoms with Crippen LogP contribution in [-0.4, -0.2) is 21.7 Å². The molecule has 0 bridgehead atoms. The van der Waals surface area contributed by atoms with E-state index in [1.54, 1.807) is 18.3 Å². The largest absolute Gasteiger partial charge is 0.357 e. The van der Waals surface area contributed by atoms with Crippen LogP contribution < -0.4 is 10.9 Å². The normalized spacial score (nSPS) is 9.95. The predicted octanol–water partition coefficient (Wildman–Crippen LogP) is 1.31. The van der Waals surface area contributed by atoms with Crippen molar-refractivity contribution in [3.63, 3.8) is 0 Å². The Kier molecular flexibility index (Phi) is 3.98. The summed E-state index contributed by atoms with van der Waals surface area (Å²) in [6, 6.07) is 7.15. The van der Waals surface area contributed by atoms with E-state index in [1.807, 2.05) is 0 Å². The molecular weight excluding hydrogens is 276 g/mol. The van der Waals surface area contributed by atoms with Crippen LogP contribution in [-0.2, 0) is 0 Å². The number of hydrazine groups is 1. The lowest BCUT2D eigenvalue weighted by molar-refractivity contribution is -0.385.